The molecule has 1 aromatic heterocycles. The van der Waals surface area contributed by atoms with Gasteiger partial charge in [-0.15, -0.1) is 0 Å². The Kier molecular flexibility index (Phi) is 6.81. The number of carboxylic acid groups (broad SMARTS) is 1. The minimum absolute atomic E-state index is 0.0251. The highest BCUT2D eigenvalue weighted by Gasteiger charge is 2.23. The molecule has 0 saturated carbocycles. The molecule has 0 fully saturated rings. The molecule has 10 heteroatoms. The maximum Gasteiger partial charge on any atom is 0.388 e. The summed E-state index contributed by atoms with van der Waals surface area (Å²) in [5.41, 5.74) is 0.815. The van der Waals surface area contributed by atoms with Gasteiger partial charge in [0.25, 0.3) is 0 Å². The summed E-state index contributed by atoms with van der Waals surface area (Å²) in [7, 11) is 0. The summed E-state index contributed by atoms with van der Waals surface area (Å²) in [6.45, 7) is -0.333. The van der Waals surface area contributed by atoms with Crippen LogP contribution >= 0.6 is 23.2 Å². The Bertz CT molecular complexity index is 1160. The summed E-state index contributed by atoms with van der Waals surface area (Å²) in [5, 5.41) is 9.98. The number of hydrogen-bond donors (Lipinski definition) is 1. The lowest BCUT2D eigenvalue weighted by atomic mass is 9.97. The van der Waals surface area contributed by atoms with Crippen LogP contribution in [0.2, 0.25) is 10.0 Å². The van der Waals surface area contributed by atoms with Gasteiger partial charge in [0.1, 0.15) is 17.1 Å². The first-order valence-corrected chi connectivity index (χ1v) is 9.74. The first-order valence-electron chi connectivity index (χ1n) is 8.98. The van der Waals surface area contributed by atoms with Crippen molar-refractivity contribution in [2.24, 2.45) is 0 Å². The monoisotopic (exact) mass is 473 g/mol. The van der Waals surface area contributed by atoms with Crippen molar-refractivity contribution < 1.29 is 32.5 Å². The van der Waals surface area contributed by atoms with Gasteiger partial charge in [-0.2, -0.15) is 8.78 Å². The van der Waals surface area contributed by atoms with Crippen molar-refractivity contribution >= 4 is 40.1 Å². The Morgan fingerprint density at radius 2 is 1.90 bits per heavy atom. The normalized spacial score (nSPS) is 12.3. The number of aliphatic carboxylic acids is 1. The molecule has 0 aliphatic rings. The van der Waals surface area contributed by atoms with E-state index in [9.17, 15) is 18.0 Å². The zero-order chi connectivity index (χ0) is 22.9. The molecule has 0 radical (unpaired) electrons. The lowest BCUT2D eigenvalue weighted by molar-refractivity contribution is -0.144. The molecule has 1 unspecified atom stereocenters. The number of nitrogens with zero attached hydrogens (tertiary/aromatic N) is 1. The SMILES string of the molecule is Cc1c(Cc2ccc(Cl)cc2Cl)c(OC(F)F)nc2c(F)ccc(OC(C)C(=O)O)c12. The van der Waals surface area contributed by atoms with Crippen molar-refractivity contribution in [3.05, 3.63) is 62.9 Å². The van der Waals surface area contributed by atoms with Crippen LogP contribution in [-0.2, 0) is 11.2 Å². The molecule has 0 aliphatic heterocycles. The standard InChI is InChI=1S/C21H16Cl2F3NO4/c1-9-13(7-11-3-4-12(22)8-14(11)23)19(31-21(25)26)27-18-15(24)5-6-16(17(9)18)30-10(2)20(28)29/h3-6,8,10,21H,7H2,1-2H3,(H,28,29). The van der Waals surface area contributed by atoms with Gasteiger partial charge in [-0.25, -0.2) is 14.2 Å². The van der Waals surface area contributed by atoms with E-state index in [0.29, 0.717) is 21.2 Å². The number of ether oxygens (including phenoxy) is 2. The highest BCUT2D eigenvalue weighted by Crippen LogP contribution is 2.38. The summed E-state index contributed by atoms with van der Waals surface area (Å²) < 4.78 is 50.6. The van der Waals surface area contributed by atoms with E-state index in [1.807, 2.05) is 0 Å². The molecule has 1 heterocycles. The van der Waals surface area contributed by atoms with Crippen LogP contribution in [0.3, 0.4) is 0 Å². The van der Waals surface area contributed by atoms with E-state index in [-0.39, 0.29) is 28.6 Å². The number of hydrogen-bond acceptors (Lipinski definition) is 4. The van der Waals surface area contributed by atoms with Crippen molar-refractivity contribution in [1.29, 1.82) is 0 Å². The quantitative estimate of drug-likeness (QED) is 0.453. The second kappa shape index (κ2) is 9.20. The van der Waals surface area contributed by atoms with Crippen LogP contribution < -0.4 is 9.47 Å². The number of rotatable bonds is 7. The lowest BCUT2D eigenvalue weighted by Gasteiger charge is -2.19. The third kappa shape index (κ3) is 4.97. The van der Waals surface area contributed by atoms with Crippen molar-refractivity contribution in [1.82, 2.24) is 4.98 Å². The molecular weight excluding hydrogens is 458 g/mol. The zero-order valence-electron chi connectivity index (χ0n) is 16.3. The average molecular weight is 474 g/mol. The maximum absolute atomic E-state index is 14.5. The molecular formula is C21H16Cl2F3NO4. The number of alkyl halides is 2. The Morgan fingerprint density at radius 1 is 1.19 bits per heavy atom. The highest BCUT2D eigenvalue weighted by atomic mass is 35.5. The summed E-state index contributed by atoms with van der Waals surface area (Å²) in [6, 6.07) is 6.98. The van der Waals surface area contributed by atoms with Gasteiger partial charge in [0, 0.05) is 27.4 Å². The fraction of sp³-hybridized carbons (Fsp3) is 0.238. The number of carbonyl (C=O) groups is 1. The van der Waals surface area contributed by atoms with Crippen molar-refractivity contribution in [2.75, 3.05) is 0 Å². The molecule has 2 aromatic carbocycles. The highest BCUT2D eigenvalue weighted by molar-refractivity contribution is 6.35. The number of halogens is 5. The van der Waals surface area contributed by atoms with Gasteiger partial charge < -0.3 is 14.6 Å². The average Bonchev–Trinajstić information content (AvgIpc) is 2.68. The second-order valence-electron chi connectivity index (χ2n) is 6.68. The Morgan fingerprint density at radius 3 is 2.52 bits per heavy atom. The first kappa shape index (κ1) is 23.0. The van der Waals surface area contributed by atoms with Crippen LogP contribution in [0.5, 0.6) is 11.6 Å². The largest absolute Gasteiger partial charge is 0.479 e. The lowest BCUT2D eigenvalue weighted by Crippen LogP contribution is -2.23. The maximum atomic E-state index is 14.5. The molecule has 164 valence electrons. The molecule has 0 amide bonds. The molecule has 0 spiro atoms. The second-order valence-corrected chi connectivity index (χ2v) is 7.52. The minimum atomic E-state index is -3.20. The van der Waals surface area contributed by atoms with Crippen molar-refractivity contribution in [2.45, 2.75) is 33.0 Å². The van der Waals surface area contributed by atoms with Crippen LogP contribution in [0.15, 0.2) is 30.3 Å². The number of carboxylic acids is 1. The number of pyridine rings is 1. The number of fused-ring (bicyclic) bond motifs is 1. The molecule has 1 N–H and O–H groups in total. The topological polar surface area (TPSA) is 68.7 Å². The van der Waals surface area contributed by atoms with Gasteiger partial charge in [-0.05, 0) is 49.2 Å². The van der Waals surface area contributed by atoms with Crippen LogP contribution in [0, 0.1) is 12.7 Å². The summed E-state index contributed by atoms with van der Waals surface area (Å²) in [4.78, 5) is 15.2. The van der Waals surface area contributed by atoms with Gasteiger partial charge in [0.05, 0.1) is 0 Å². The summed E-state index contributed by atoms with van der Waals surface area (Å²) in [6.07, 6.45) is -1.21. The van der Waals surface area contributed by atoms with E-state index in [0.717, 1.165) is 6.07 Å². The van der Waals surface area contributed by atoms with Gasteiger partial charge in [-0.1, -0.05) is 29.3 Å². The smallest absolute Gasteiger partial charge is 0.388 e. The van der Waals surface area contributed by atoms with Crippen molar-refractivity contribution in [3.63, 3.8) is 0 Å². The Hall–Kier alpha value is -2.71. The molecule has 0 bridgehead atoms. The van der Waals surface area contributed by atoms with E-state index in [4.69, 9.17) is 33.0 Å². The van der Waals surface area contributed by atoms with Gasteiger partial charge in [0.2, 0.25) is 5.88 Å². The fourth-order valence-electron chi connectivity index (χ4n) is 3.08. The van der Waals surface area contributed by atoms with Gasteiger partial charge in [-0.3, -0.25) is 0 Å². The third-order valence-electron chi connectivity index (χ3n) is 4.62. The van der Waals surface area contributed by atoms with E-state index in [1.165, 1.54) is 19.1 Å². The van der Waals surface area contributed by atoms with E-state index < -0.39 is 30.4 Å². The minimum Gasteiger partial charge on any atom is -0.479 e. The van der Waals surface area contributed by atoms with Crippen LogP contribution in [0.1, 0.15) is 23.6 Å². The van der Waals surface area contributed by atoms with Gasteiger partial charge >= 0.3 is 12.6 Å². The molecule has 0 saturated heterocycles. The number of aryl methyl sites for hydroxylation is 1. The number of benzene rings is 2. The van der Waals surface area contributed by atoms with E-state index >= 15 is 0 Å². The van der Waals surface area contributed by atoms with E-state index in [2.05, 4.69) is 9.72 Å². The summed E-state index contributed by atoms with van der Waals surface area (Å²) in [5.74, 6) is -2.45. The Labute approximate surface area is 185 Å². The van der Waals surface area contributed by atoms with Gasteiger partial charge in [0.15, 0.2) is 6.10 Å². The molecule has 5 nitrogen and oxygen atoms in total. The van der Waals surface area contributed by atoms with Crippen LogP contribution in [0.25, 0.3) is 10.9 Å². The molecule has 3 aromatic rings. The van der Waals surface area contributed by atoms with Crippen LogP contribution in [-0.4, -0.2) is 28.8 Å². The predicted octanol–water partition coefficient (Wildman–Crippen LogP) is 6.03. The molecule has 1 atom stereocenters. The predicted molar refractivity (Wildman–Crippen MR) is 110 cm³/mol. The Balaban J connectivity index is 2.24. The molecule has 31 heavy (non-hydrogen) atoms. The fourth-order valence-corrected chi connectivity index (χ4v) is 3.56. The van der Waals surface area contributed by atoms with Crippen molar-refractivity contribution in [3.8, 4) is 11.6 Å². The zero-order valence-corrected chi connectivity index (χ0v) is 17.8. The molecule has 0 aliphatic carbocycles. The first-order chi connectivity index (χ1) is 14.6. The third-order valence-corrected chi connectivity index (χ3v) is 5.21. The van der Waals surface area contributed by atoms with E-state index in [1.54, 1.807) is 19.1 Å². The summed E-state index contributed by atoms with van der Waals surface area (Å²) >= 11 is 12.1. The number of aromatic nitrogens is 1. The van der Waals surface area contributed by atoms with Crippen LogP contribution in [0.4, 0.5) is 13.2 Å². The molecule has 3 rings (SSSR count).